The Hall–Kier alpha value is -3.15. The summed E-state index contributed by atoms with van der Waals surface area (Å²) in [6.45, 7) is 7.03. The van der Waals surface area contributed by atoms with E-state index in [9.17, 15) is 14.4 Å². The van der Waals surface area contributed by atoms with E-state index in [0.717, 1.165) is 11.1 Å². The van der Waals surface area contributed by atoms with Crippen molar-refractivity contribution >= 4 is 23.5 Å². The number of urea groups is 1. The van der Waals surface area contributed by atoms with Crippen LogP contribution in [0.1, 0.15) is 45.7 Å². The van der Waals surface area contributed by atoms with Crippen LogP contribution in [-0.4, -0.2) is 30.4 Å². The minimum Gasteiger partial charge on any atom is -0.454 e. The van der Waals surface area contributed by atoms with E-state index in [4.69, 9.17) is 4.74 Å². The summed E-state index contributed by atoms with van der Waals surface area (Å²) in [6.07, 6.45) is 0. The molecule has 0 bridgehead atoms. The van der Waals surface area contributed by atoms with Gasteiger partial charge in [0.05, 0.1) is 11.3 Å². The van der Waals surface area contributed by atoms with Crippen molar-refractivity contribution in [3.8, 4) is 0 Å². The molecule has 2 N–H and O–H groups in total. The van der Waals surface area contributed by atoms with E-state index in [1.54, 1.807) is 24.3 Å². The van der Waals surface area contributed by atoms with Crippen LogP contribution in [0, 0.1) is 13.8 Å². The SMILES string of the molecule is Cc1ccc(C)c(C(=O)COC(=O)c2ccccc2NC(=O)NC(C)C)c1. The molecule has 0 saturated carbocycles. The van der Waals surface area contributed by atoms with Crippen LogP contribution in [0.3, 0.4) is 0 Å². The molecule has 0 saturated heterocycles. The van der Waals surface area contributed by atoms with Gasteiger partial charge in [0.2, 0.25) is 5.78 Å². The van der Waals surface area contributed by atoms with Crippen molar-refractivity contribution in [2.75, 3.05) is 11.9 Å². The molecule has 2 amide bonds. The van der Waals surface area contributed by atoms with Gasteiger partial charge in [-0.3, -0.25) is 4.79 Å². The molecule has 142 valence electrons. The number of nitrogens with one attached hydrogen (secondary N) is 2. The van der Waals surface area contributed by atoms with Crippen LogP contribution in [0.5, 0.6) is 0 Å². The molecule has 0 aliphatic heterocycles. The third-order valence-corrected chi connectivity index (χ3v) is 3.84. The van der Waals surface area contributed by atoms with Gasteiger partial charge in [0, 0.05) is 11.6 Å². The van der Waals surface area contributed by atoms with Gasteiger partial charge in [0.25, 0.3) is 0 Å². The third-order valence-electron chi connectivity index (χ3n) is 3.84. The maximum Gasteiger partial charge on any atom is 0.340 e. The summed E-state index contributed by atoms with van der Waals surface area (Å²) in [7, 11) is 0. The Morgan fingerprint density at radius 2 is 1.70 bits per heavy atom. The highest BCUT2D eigenvalue weighted by atomic mass is 16.5. The van der Waals surface area contributed by atoms with Crippen LogP contribution >= 0.6 is 0 Å². The molecule has 2 aromatic carbocycles. The molecule has 2 rings (SSSR count). The van der Waals surface area contributed by atoms with Crippen LogP contribution in [0.15, 0.2) is 42.5 Å². The average molecular weight is 368 g/mol. The van der Waals surface area contributed by atoms with E-state index >= 15 is 0 Å². The molecular formula is C21H24N2O4. The van der Waals surface area contributed by atoms with Crippen molar-refractivity contribution in [1.29, 1.82) is 0 Å². The first-order valence-electron chi connectivity index (χ1n) is 8.72. The zero-order valence-electron chi connectivity index (χ0n) is 16.0. The van der Waals surface area contributed by atoms with Crippen molar-refractivity contribution in [2.24, 2.45) is 0 Å². The molecule has 0 spiro atoms. The summed E-state index contributed by atoms with van der Waals surface area (Å²) in [4.78, 5) is 36.7. The zero-order chi connectivity index (χ0) is 20.0. The Morgan fingerprint density at radius 3 is 2.41 bits per heavy atom. The zero-order valence-corrected chi connectivity index (χ0v) is 16.0. The van der Waals surface area contributed by atoms with E-state index in [1.165, 1.54) is 6.07 Å². The molecule has 27 heavy (non-hydrogen) atoms. The monoisotopic (exact) mass is 368 g/mol. The highest BCUT2D eigenvalue weighted by Gasteiger charge is 2.17. The Kier molecular flexibility index (Phi) is 6.71. The van der Waals surface area contributed by atoms with Crippen LogP contribution in [0.25, 0.3) is 0 Å². The van der Waals surface area contributed by atoms with Gasteiger partial charge in [-0.2, -0.15) is 0 Å². The molecule has 6 nitrogen and oxygen atoms in total. The Labute approximate surface area is 158 Å². The topological polar surface area (TPSA) is 84.5 Å². The van der Waals surface area contributed by atoms with Crippen molar-refractivity contribution < 1.29 is 19.1 Å². The van der Waals surface area contributed by atoms with Gasteiger partial charge in [-0.1, -0.05) is 29.8 Å². The van der Waals surface area contributed by atoms with Crippen LogP contribution in [-0.2, 0) is 4.74 Å². The first-order chi connectivity index (χ1) is 12.8. The van der Waals surface area contributed by atoms with E-state index in [-0.39, 0.29) is 24.0 Å². The highest BCUT2D eigenvalue weighted by molar-refractivity contribution is 6.03. The van der Waals surface area contributed by atoms with Gasteiger partial charge in [0.1, 0.15) is 0 Å². The fourth-order valence-corrected chi connectivity index (χ4v) is 2.51. The summed E-state index contributed by atoms with van der Waals surface area (Å²) in [5, 5.41) is 5.31. The lowest BCUT2D eigenvalue weighted by molar-refractivity contribution is 0.0475. The van der Waals surface area contributed by atoms with Crippen LogP contribution in [0.4, 0.5) is 10.5 Å². The van der Waals surface area contributed by atoms with Gasteiger partial charge in [-0.15, -0.1) is 0 Å². The normalized spacial score (nSPS) is 10.4. The fourth-order valence-electron chi connectivity index (χ4n) is 2.51. The molecule has 2 aromatic rings. The number of ether oxygens (including phenoxy) is 1. The average Bonchev–Trinajstić information content (AvgIpc) is 2.61. The second-order valence-electron chi connectivity index (χ2n) is 6.62. The third kappa shape index (κ3) is 5.67. The molecule has 0 radical (unpaired) electrons. The van der Waals surface area contributed by atoms with Crippen molar-refractivity contribution in [3.05, 3.63) is 64.7 Å². The van der Waals surface area contributed by atoms with Gasteiger partial charge >= 0.3 is 12.0 Å². The number of anilines is 1. The number of amides is 2. The standard InChI is InChI=1S/C21H24N2O4/c1-13(2)22-21(26)23-18-8-6-5-7-16(18)20(25)27-12-19(24)17-11-14(3)9-10-15(17)4/h5-11,13H,12H2,1-4H3,(H2,22,23,26). The lowest BCUT2D eigenvalue weighted by atomic mass is 10.0. The first-order valence-corrected chi connectivity index (χ1v) is 8.72. The van der Waals surface area contributed by atoms with Crippen molar-refractivity contribution in [3.63, 3.8) is 0 Å². The maximum atomic E-state index is 12.4. The number of carbonyl (C=O) groups is 3. The number of hydrogen-bond acceptors (Lipinski definition) is 4. The number of hydrogen-bond donors (Lipinski definition) is 2. The van der Waals surface area contributed by atoms with Crippen molar-refractivity contribution in [1.82, 2.24) is 5.32 Å². The Balaban J connectivity index is 2.07. The van der Waals surface area contributed by atoms with E-state index < -0.39 is 12.0 Å². The highest BCUT2D eigenvalue weighted by Crippen LogP contribution is 2.17. The molecule has 0 fully saturated rings. The van der Waals surface area contributed by atoms with Gasteiger partial charge in [0.15, 0.2) is 6.61 Å². The molecule has 0 heterocycles. The number of Topliss-reactive ketones (excluding diaryl/α,β-unsaturated/α-hetero) is 1. The molecular weight excluding hydrogens is 344 g/mol. The summed E-state index contributed by atoms with van der Waals surface area (Å²) in [6, 6.07) is 11.6. The molecule has 0 aromatic heterocycles. The predicted molar refractivity (Wildman–Crippen MR) is 104 cm³/mol. The minimum absolute atomic E-state index is 0.0423. The number of aryl methyl sites for hydroxylation is 2. The summed E-state index contributed by atoms with van der Waals surface area (Å²) in [5.41, 5.74) is 2.82. The fraction of sp³-hybridized carbons (Fsp3) is 0.286. The van der Waals surface area contributed by atoms with Crippen LogP contribution in [0.2, 0.25) is 0 Å². The minimum atomic E-state index is -0.672. The molecule has 0 aliphatic carbocycles. The quantitative estimate of drug-likeness (QED) is 0.599. The van der Waals surface area contributed by atoms with Crippen molar-refractivity contribution in [2.45, 2.75) is 33.7 Å². The summed E-state index contributed by atoms with van der Waals surface area (Å²) < 4.78 is 5.18. The number of benzene rings is 2. The largest absolute Gasteiger partial charge is 0.454 e. The summed E-state index contributed by atoms with van der Waals surface area (Å²) in [5.74, 6) is -0.943. The van der Waals surface area contributed by atoms with Gasteiger partial charge in [-0.05, 0) is 51.5 Å². The van der Waals surface area contributed by atoms with Crippen LogP contribution < -0.4 is 10.6 Å². The predicted octanol–water partition coefficient (Wildman–Crippen LogP) is 3.87. The number of ketones is 1. The molecule has 0 aliphatic rings. The number of para-hydroxylation sites is 1. The number of rotatable bonds is 6. The Morgan fingerprint density at radius 1 is 1.00 bits per heavy atom. The molecule has 6 heteroatoms. The first kappa shape index (κ1) is 20.2. The maximum absolute atomic E-state index is 12.4. The lowest BCUT2D eigenvalue weighted by Gasteiger charge is -2.13. The van der Waals surface area contributed by atoms with E-state index in [0.29, 0.717) is 11.3 Å². The molecule has 0 atom stereocenters. The van der Waals surface area contributed by atoms with Gasteiger partial charge in [-0.25, -0.2) is 9.59 Å². The van der Waals surface area contributed by atoms with E-state index in [2.05, 4.69) is 10.6 Å². The molecule has 0 unspecified atom stereocenters. The Bertz CT molecular complexity index is 859. The smallest absolute Gasteiger partial charge is 0.340 e. The lowest BCUT2D eigenvalue weighted by Crippen LogP contribution is -2.34. The van der Waals surface area contributed by atoms with Gasteiger partial charge < -0.3 is 15.4 Å². The van der Waals surface area contributed by atoms with E-state index in [1.807, 2.05) is 39.8 Å². The number of esters is 1. The second kappa shape index (κ2) is 8.98. The summed E-state index contributed by atoms with van der Waals surface area (Å²) >= 11 is 0. The second-order valence-corrected chi connectivity index (χ2v) is 6.62. The number of carbonyl (C=O) groups excluding carboxylic acids is 3.